The van der Waals surface area contributed by atoms with Gasteiger partial charge in [-0.2, -0.15) is 0 Å². The summed E-state index contributed by atoms with van der Waals surface area (Å²) in [4.78, 5) is 38.3. The number of para-hydroxylation sites is 3. The van der Waals surface area contributed by atoms with Crippen molar-refractivity contribution < 1.29 is 19.1 Å². The predicted molar refractivity (Wildman–Crippen MR) is 106 cm³/mol. The second-order valence-electron chi connectivity index (χ2n) is 6.86. The molecule has 146 valence electrons. The number of anilines is 2. The normalized spacial score (nSPS) is 15.1. The molecule has 3 amide bonds. The third-order valence-corrected chi connectivity index (χ3v) is 4.62. The van der Waals surface area contributed by atoms with E-state index < -0.39 is 6.10 Å². The first-order valence-electron chi connectivity index (χ1n) is 9.01. The van der Waals surface area contributed by atoms with Gasteiger partial charge in [0.2, 0.25) is 11.8 Å². The van der Waals surface area contributed by atoms with E-state index in [-0.39, 0.29) is 30.7 Å². The fourth-order valence-electron chi connectivity index (χ4n) is 3.04. The van der Waals surface area contributed by atoms with Crippen molar-refractivity contribution in [1.29, 1.82) is 0 Å². The Morgan fingerprint density at radius 2 is 1.79 bits per heavy atom. The van der Waals surface area contributed by atoms with Crippen molar-refractivity contribution in [3.63, 3.8) is 0 Å². The zero-order valence-corrected chi connectivity index (χ0v) is 16.1. The van der Waals surface area contributed by atoms with Gasteiger partial charge in [0, 0.05) is 12.7 Å². The number of nitrogens with zero attached hydrogens (tertiary/aromatic N) is 1. The Hall–Kier alpha value is -3.35. The van der Waals surface area contributed by atoms with Crippen molar-refractivity contribution in [2.24, 2.45) is 0 Å². The van der Waals surface area contributed by atoms with E-state index in [1.54, 1.807) is 24.3 Å². The fraction of sp³-hybridized carbons (Fsp3) is 0.286. The van der Waals surface area contributed by atoms with Gasteiger partial charge in [-0.25, -0.2) is 0 Å². The highest BCUT2D eigenvalue weighted by Crippen LogP contribution is 2.29. The molecule has 1 heterocycles. The Labute approximate surface area is 163 Å². The number of benzene rings is 2. The van der Waals surface area contributed by atoms with Crippen molar-refractivity contribution >= 4 is 29.1 Å². The Kier molecular flexibility index (Phi) is 5.63. The van der Waals surface area contributed by atoms with Crippen LogP contribution in [-0.2, 0) is 14.4 Å². The Bertz CT molecular complexity index is 905. The molecule has 0 aliphatic carbocycles. The molecule has 2 aromatic carbocycles. The average Bonchev–Trinajstić information content (AvgIpc) is 2.65. The molecule has 3 rings (SSSR count). The van der Waals surface area contributed by atoms with E-state index >= 15 is 0 Å². The summed E-state index contributed by atoms with van der Waals surface area (Å²) < 4.78 is 5.64. The molecule has 1 atom stereocenters. The molecular formula is C21H23N3O4. The van der Waals surface area contributed by atoms with Gasteiger partial charge in [-0.05, 0) is 37.1 Å². The van der Waals surface area contributed by atoms with E-state index in [2.05, 4.69) is 10.6 Å². The van der Waals surface area contributed by atoms with Gasteiger partial charge in [0.05, 0.1) is 18.7 Å². The molecule has 0 unspecified atom stereocenters. The Balaban J connectivity index is 1.57. The number of ether oxygens (including phenoxy) is 1. The van der Waals surface area contributed by atoms with E-state index in [0.717, 1.165) is 16.8 Å². The number of aryl methyl sites for hydroxylation is 2. The van der Waals surface area contributed by atoms with Crippen LogP contribution >= 0.6 is 0 Å². The molecule has 0 saturated heterocycles. The molecule has 0 bridgehead atoms. The van der Waals surface area contributed by atoms with Crippen LogP contribution in [0.2, 0.25) is 0 Å². The smallest absolute Gasteiger partial charge is 0.266 e. The highest BCUT2D eigenvalue weighted by atomic mass is 16.5. The molecule has 2 N–H and O–H groups in total. The average molecular weight is 381 g/mol. The van der Waals surface area contributed by atoms with Gasteiger partial charge in [-0.3, -0.25) is 14.4 Å². The third kappa shape index (κ3) is 4.31. The summed E-state index contributed by atoms with van der Waals surface area (Å²) in [6.45, 7) is 3.71. The maximum absolute atomic E-state index is 12.5. The van der Waals surface area contributed by atoms with Gasteiger partial charge < -0.3 is 20.3 Å². The maximum Gasteiger partial charge on any atom is 0.266 e. The van der Waals surface area contributed by atoms with Crippen molar-refractivity contribution in [3.05, 3.63) is 53.6 Å². The topological polar surface area (TPSA) is 87.7 Å². The van der Waals surface area contributed by atoms with Crippen LogP contribution in [0.15, 0.2) is 42.5 Å². The fourth-order valence-corrected chi connectivity index (χ4v) is 3.04. The van der Waals surface area contributed by atoms with Gasteiger partial charge in [0.15, 0.2) is 6.10 Å². The summed E-state index contributed by atoms with van der Waals surface area (Å²) in [5.74, 6) is -0.500. The number of fused-ring (bicyclic) bond motifs is 1. The highest BCUT2D eigenvalue weighted by molar-refractivity contribution is 6.00. The molecule has 0 aromatic heterocycles. The monoisotopic (exact) mass is 381 g/mol. The van der Waals surface area contributed by atoms with Gasteiger partial charge in [0.25, 0.3) is 5.91 Å². The zero-order valence-electron chi connectivity index (χ0n) is 16.1. The maximum atomic E-state index is 12.5. The standard InChI is InChI=1S/C21H23N3O4/c1-13-7-6-8-14(2)20(13)23-18(25)12-24(3)19(26)11-17-21(27)22-15-9-4-5-10-16(15)28-17/h4-10,17H,11-12H2,1-3H3,(H,22,27)(H,23,25)/t17-/m1/s1. The van der Waals surface area contributed by atoms with Crippen LogP contribution in [0.3, 0.4) is 0 Å². The summed E-state index contributed by atoms with van der Waals surface area (Å²) in [6.07, 6.45) is -1.07. The number of carbonyl (C=O) groups excluding carboxylic acids is 3. The SMILES string of the molecule is Cc1cccc(C)c1NC(=O)CN(C)C(=O)C[C@H]1Oc2ccccc2NC1=O. The second kappa shape index (κ2) is 8.12. The Morgan fingerprint density at radius 3 is 2.50 bits per heavy atom. The van der Waals surface area contributed by atoms with Crippen LogP contribution in [0.5, 0.6) is 5.75 Å². The van der Waals surface area contributed by atoms with E-state index in [1.165, 1.54) is 11.9 Å². The predicted octanol–water partition coefficient (Wildman–Crippen LogP) is 2.49. The quantitative estimate of drug-likeness (QED) is 0.833. The number of amides is 3. The highest BCUT2D eigenvalue weighted by Gasteiger charge is 2.30. The number of nitrogens with one attached hydrogen (secondary N) is 2. The molecule has 2 aromatic rings. The summed E-state index contributed by atoms with van der Waals surface area (Å²) in [7, 11) is 1.53. The van der Waals surface area contributed by atoms with E-state index in [0.29, 0.717) is 11.4 Å². The van der Waals surface area contributed by atoms with Crippen LogP contribution in [0.25, 0.3) is 0 Å². The van der Waals surface area contributed by atoms with Crippen molar-refractivity contribution in [3.8, 4) is 5.75 Å². The lowest BCUT2D eigenvalue weighted by molar-refractivity contribution is -0.137. The Morgan fingerprint density at radius 1 is 1.11 bits per heavy atom. The number of hydrogen-bond acceptors (Lipinski definition) is 4. The lowest BCUT2D eigenvalue weighted by Crippen LogP contribution is -2.43. The van der Waals surface area contributed by atoms with E-state index in [4.69, 9.17) is 4.74 Å². The molecule has 7 nitrogen and oxygen atoms in total. The first kappa shape index (κ1) is 19.4. The van der Waals surface area contributed by atoms with E-state index in [1.807, 2.05) is 32.0 Å². The van der Waals surface area contributed by atoms with Gasteiger partial charge in [0.1, 0.15) is 5.75 Å². The van der Waals surface area contributed by atoms with Crippen LogP contribution in [-0.4, -0.2) is 42.3 Å². The summed E-state index contributed by atoms with van der Waals surface area (Å²) in [5, 5.41) is 5.57. The molecule has 1 aliphatic rings. The minimum atomic E-state index is -0.925. The van der Waals surface area contributed by atoms with E-state index in [9.17, 15) is 14.4 Å². The van der Waals surface area contributed by atoms with Gasteiger partial charge >= 0.3 is 0 Å². The number of hydrogen-bond donors (Lipinski definition) is 2. The van der Waals surface area contributed by atoms with Crippen molar-refractivity contribution in [1.82, 2.24) is 4.90 Å². The first-order chi connectivity index (χ1) is 13.3. The number of rotatable bonds is 5. The number of carbonyl (C=O) groups is 3. The third-order valence-electron chi connectivity index (χ3n) is 4.62. The van der Waals surface area contributed by atoms with Crippen molar-refractivity contribution in [2.75, 3.05) is 24.2 Å². The lowest BCUT2D eigenvalue weighted by atomic mass is 10.1. The summed E-state index contributed by atoms with van der Waals surface area (Å²) >= 11 is 0. The largest absolute Gasteiger partial charge is 0.478 e. The molecule has 0 radical (unpaired) electrons. The molecule has 1 aliphatic heterocycles. The first-order valence-corrected chi connectivity index (χ1v) is 9.01. The molecule has 0 saturated carbocycles. The molecule has 0 spiro atoms. The molecule has 0 fully saturated rings. The van der Waals surface area contributed by atoms with Crippen molar-refractivity contribution in [2.45, 2.75) is 26.4 Å². The minimum absolute atomic E-state index is 0.114. The summed E-state index contributed by atoms with van der Waals surface area (Å²) in [6, 6.07) is 12.8. The minimum Gasteiger partial charge on any atom is -0.478 e. The molecule has 7 heteroatoms. The molecule has 28 heavy (non-hydrogen) atoms. The second-order valence-corrected chi connectivity index (χ2v) is 6.86. The van der Waals surface area contributed by atoms with Crippen LogP contribution < -0.4 is 15.4 Å². The van der Waals surface area contributed by atoms with Crippen LogP contribution in [0.4, 0.5) is 11.4 Å². The van der Waals surface area contributed by atoms with Gasteiger partial charge in [-0.15, -0.1) is 0 Å². The van der Waals surface area contributed by atoms with Crippen LogP contribution in [0.1, 0.15) is 17.5 Å². The summed E-state index contributed by atoms with van der Waals surface area (Å²) in [5.41, 5.74) is 3.24. The lowest BCUT2D eigenvalue weighted by Gasteiger charge is -2.26. The number of likely N-dealkylation sites (N-methyl/N-ethyl adjacent to an activating group) is 1. The van der Waals surface area contributed by atoms with Gasteiger partial charge in [-0.1, -0.05) is 30.3 Å². The van der Waals surface area contributed by atoms with Crippen LogP contribution in [0, 0.1) is 13.8 Å². The zero-order chi connectivity index (χ0) is 20.3. The molecular weight excluding hydrogens is 358 g/mol.